The molecule has 3 fully saturated rings. The molecule has 4 rings (SSSR count). The van der Waals surface area contributed by atoms with Crippen molar-refractivity contribution in [3.8, 4) is 0 Å². The number of allylic oxidation sites excluding steroid dienone is 1. The van der Waals surface area contributed by atoms with Crippen LogP contribution in [0.4, 0.5) is 0 Å². The van der Waals surface area contributed by atoms with Gasteiger partial charge in [0.1, 0.15) is 0 Å². The van der Waals surface area contributed by atoms with Crippen molar-refractivity contribution in [1.82, 2.24) is 4.90 Å². The van der Waals surface area contributed by atoms with E-state index in [0.717, 1.165) is 37.2 Å². The van der Waals surface area contributed by atoms with E-state index in [0.29, 0.717) is 29.8 Å². The van der Waals surface area contributed by atoms with Crippen LogP contribution in [-0.2, 0) is 21.1 Å². The van der Waals surface area contributed by atoms with Crippen LogP contribution in [0.15, 0.2) is 40.8 Å². The number of piperidine rings is 1. The third-order valence-electron chi connectivity index (χ3n) is 5.98. The summed E-state index contributed by atoms with van der Waals surface area (Å²) in [5, 5.41) is 0. The maximum atomic E-state index is 12.8. The maximum Gasteiger partial charge on any atom is 0.223 e. The summed E-state index contributed by atoms with van der Waals surface area (Å²) in [5.74, 6) is 1.08. The van der Waals surface area contributed by atoms with Gasteiger partial charge in [0.2, 0.25) is 5.91 Å². The summed E-state index contributed by atoms with van der Waals surface area (Å²) in [5.41, 5.74) is 2.60. The van der Waals surface area contributed by atoms with Crippen LogP contribution in [0.1, 0.15) is 50.5 Å². The average molecular weight is 374 g/mol. The molecule has 4 nitrogen and oxygen atoms in total. The SMILES string of the molecule is CS(=O)(=O)c1ccc(CCC(=O)N2C3CCC2CC(=CC2CC2)C3)cc1. The third kappa shape index (κ3) is 3.88. The van der Waals surface area contributed by atoms with Gasteiger partial charge in [0, 0.05) is 24.8 Å². The molecule has 2 aliphatic heterocycles. The van der Waals surface area contributed by atoms with Gasteiger partial charge in [-0.05, 0) is 68.6 Å². The van der Waals surface area contributed by atoms with Crippen molar-refractivity contribution in [3.63, 3.8) is 0 Å². The minimum atomic E-state index is -3.16. The first kappa shape index (κ1) is 17.8. The predicted octanol–water partition coefficient (Wildman–Crippen LogP) is 3.51. The average Bonchev–Trinajstić information content (AvgIpc) is 3.36. The first-order valence-electron chi connectivity index (χ1n) is 9.70. The molecular weight excluding hydrogens is 346 g/mol. The molecule has 140 valence electrons. The summed E-state index contributed by atoms with van der Waals surface area (Å²) in [6, 6.07) is 7.72. The molecule has 2 bridgehead atoms. The highest BCUT2D eigenvalue weighted by Gasteiger charge is 2.41. The standard InChI is InChI=1S/C21H27NO3S/c1-26(24,25)20-9-4-15(5-10-20)6-11-21(23)22-18-7-8-19(22)14-17(13-18)12-16-2-3-16/h4-5,9-10,12,16,18-19H,2-3,6-8,11,13-14H2,1H3. The molecule has 5 heteroatoms. The van der Waals surface area contributed by atoms with Gasteiger partial charge in [-0.2, -0.15) is 0 Å². The first-order valence-corrected chi connectivity index (χ1v) is 11.6. The molecule has 0 radical (unpaired) electrons. The number of aryl methyl sites for hydroxylation is 1. The molecule has 26 heavy (non-hydrogen) atoms. The van der Waals surface area contributed by atoms with E-state index in [1.54, 1.807) is 17.7 Å². The molecule has 1 aliphatic carbocycles. The summed E-state index contributed by atoms with van der Waals surface area (Å²) in [6.45, 7) is 0. The van der Waals surface area contributed by atoms with Gasteiger partial charge in [0.05, 0.1) is 4.90 Å². The summed E-state index contributed by atoms with van der Waals surface area (Å²) in [6.07, 6.45) is 12.0. The lowest BCUT2D eigenvalue weighted by molar-refractivity contribution is -0.134. The Hall–Kier alpha value is -1.62. The smallest absolute Gasteiger partial charge is 0.223 e. The van der Waals surface area contributed by atoms with Crippen LogP contribution in [0.5, 0.6) is 0 Å². The molecule has 0 N–H and O–H groups in total. The van der Waals surface area contributed by atoms with Gasteiger partial charge in [0.15, 0.2) is 9.84 Å². The number of benzene rings is 1. The van der Waals surface area contributed by atoms with E-state index in [4.69, 9.17) is 0 Å². The Kier molecular flexibility index (Phi) is 4.68. The predicted molar refractivity (Wildman–Crippen MR) is 102 cm³/mol. The van der Waals surface area contributed by atoms with E-state index in [-0.39, 0.29) is 5.91 Å². The van der Waals surface area contributed by atoms with Gasteiger partial charge < -0.3 is 4.90 Å². The summed E-state index contributed by atoms with van der Waals surface area (Å²) in [7, 11) is -3.16. The number of sulfone groups is 1. The molecule has 1 aromatic carbocycles. The minimum Gasteiger partial charge on any atom is -0.336 e. The normalized spacial score (nSPS) is 25.4. The molecule has 1 aromatic rings. The number of hydrogen-bond acceptors (Lipinski definition) is 3. The zero-order valence-electron chi connectivity index (χ0n) is 15.4. The third-order valence-corrected chi connectivity index (χ3v) is 7.10. The van der Waals surface area contributed by atoms with Crippen molar-refractivity contribution in [1.29, 1.82) is 0 Å². The van der Waals surface area contributed by atoms with Crippen LogP contribution in [-0.4, -0.2) is 37.6 Å². The van der Waals surface area contributed by atoms with Crippen LogP contribution >= 0.6 is 0 Å². The summed E-state index contributed by atoms with van der Waals surface area (Å²) in [4.78, 5) is 15.3. The highest BCUT2D eigenvalue weighted by molar-refractivity contribution is 7.90. The zero-order valence-corrected chi connectivity index (χ0v) is 16.2. The molecule has 2 heterocycles. The van der Waals surface area contributed by atoms with E-state index in [1.165, 1.54) is 19.1 Å². The fourth-order valence-electron chi connectivity index (χ4n) is 4.47. The first-order chi connectivity index (χ1) is 12.4. The number of nitrogens with zero attached hydrogens (tertiary/aromatic N) is 1. The van der Waals surface area contributed by atoms with Crippen LogP contribution in [0.3, 0.4) is 0 Å². The molecule has 2 unspecified atom stereocenters. The molecule has 2 saturated heterocycles. The second-order valence-electron chi connectivity index (χ2n) is 8.17. The minimum absolute atomic E-state index is 0.259. The molecular formula is C21H27NO3S. The number of amides is 1. The summed E-state index contributed by atoms with van der Waals surface area (Å²) < 4.78 is 23.1. The number of rotatable bonds is 5. The van der Waals surface area contributed by atoms with E-state index in [2.05, 4.69) is 11.0 Å². The zero-order chi connectivity index (χ0) is 18.3. The Morgan fingerprint density at radius 2 is 1.69 bits per heavy atom. The number of fused-ring (bicyclic) bond motifs is 2. The molecule has 1 saturated carbocycles. The maximum absolute atomic E-state index is 12.8. The molecule has 0 spiro atoms. The molecule has 0 aromatic heterocycles. The van der Waals surface area contributed by atoms with Crippen LogP contribution in [0, 0.1) is 5.92 Å². The Bertz CT molecular complexity index is 805. The topological polar surface area (TPSA) is 54.5 Å². The van der Waals surface area contributed by atoms with Crippen molar-refractivity contribution < 1.29 is 13.2 Å². The lowest BCUT2D eigenvalue weighted by Gasteiger charge is -2.36. The molecule has 2 atom stereocenters. The number of hydrogen-bond donors (Lipinski definition) is 0. The van der Waals surface area contributed by atoms with E-state index in [9.17, 15) is 13.2 Å². The van der Waals surface area contributed by atoms with Gasteiger partial charge >= 0.3 is 0 Å². The highest BCUT2D eigenvalue weighted by atomic mass is 32.2. The van der Waals surface area contributed by atoms with E-state index in [1.807, 2.05) is 12.1 Å². The largest absolute Gasteiger partial charge is 0.336 e. The van der Waals surface area contributed by atoms with Crippen LogP contribution in [0.2, 0.25) is 0 Å². The Balaban J connectivity index is 1.35. The lowest BCUT2D eigenvalue weighted by atomic mass is 9.94. The Morgan fingerprint density at radius 3 is 2.23 bits per heavy atom. The Labute approximate surface area is 156 Å². The lowest BCUT2D eigenvalue weighted by Crippen LogP contribution is -2.44. The monoisotopic (exact) mass is 373 g/mol. The van der Waals surface area contributed by atoms with Crippen LogP contribution < -0.4 is 0 Å². The van der Waals surface area contributed by atoms with Crippen molar-refractivity contribution in [2.75, 3.05) is 6.26 Å². The second kappa shape index (κ2) is 6.84. The van der Waals surface area contributed by atoms with Gasteiger partial charge in [-0.1, -0.05) is 23.8 Å². The fraction of sp³-hybridized carbons (Fsp3) is 0.571. The van der Waals surface area contributed by atoms with Gasteiger partial charge in [-0.25, -0.2) is 8.42 Å². The van der Waals surface area contributed by atoms with Gasteiger partial charge in [0.25, 0.3) is 0 Å². The van der Waals surface area contributed by atoms with Crippen molar-refractivity contribution in [3.05, 3.63) is 41.5 Å². The summed E-state index contributed by atoms with van der Waals surface area (Å²) >= 11 is 0. The van der Waals surface area contributed by atoms with Crippen molar-refractivity contribution in [2.24, 2.45) is 5.92 Å². The second-order valence-corrected chi connectivity index (χ2v) is 10.2. The van der Waals surface area contributed by atoms with Crippen molar-refractivity contribution in [2.45, 2.75) is 68.3 Å². The fourth-order valence-corrected chi connectivity index (χ4v) is 5.10. The quantitative estimate of drug-likeness (QED) is 0.742. The van der Waals surface area contributed by atoms with Crippen LogP contribution in [0.25, 0.3) is 0 Å². The Morgan fingerprint density at radius 1 is 1.08 bits per heavy atom. The van der Waals surface area contributed by atoms with Crippen molar-refractivity contribution >= 4 is 15.7 Å². The number of carbonyl (C=O) groups excluding carboxylic acids is 1. The molecule has 1 amide bonds. The highest BCUT2D eigenvalue weighted by Crippen LogP contribution is 2.41. The number of carbonyl (C=O) groups is 1. The van der Waals surface area contributed by atoms with E-state index < -0.39 is 9.84 Å². The molecule has 3 aliphatic rings. The van der Waals surface area contributed by atoms with E-state index >= 15 is 0 Å². The van der Waals surface area contributed by atoms with Gasteiger partial charge in [-0.15, -0.1) is 0 Å². The van der Waals surface area contributed by atoms with Gasteiger partial charge in [-0.3, -0.25) is 4.79 Å².